The molecule has 1 aromatic carbocycles. The molecular formula is C21H27N3O4. The molecule has 0 radical (unpaired) electrons. The van der Waals surface area contributed by atoms with E-state index in [1.165, 1.54) is 0 Å². The highest BCUT2D eigenvalue weighted by molar-refractivity contribution is 6.03. The number of hydrogen-bond donors (Lipinski definition) is 2. The van der Waals surface area contributed by atoms with Crippen LogP contribution in [0.1, 0.15) is 39.0 Å². The first-order valence-corrected chi connectivity index (χ1v) is 9.57. The number of aromatic nitrogens is 1. The number of aryl methyl sites for hydroxylation is 1. The number of ether oxygens (including phenoxy) is 1. The largest absolute Gasteiger partial charge is 0.506 e. The van der Waals surface area contributed by atoms with Crippen molar-refractivity contribution in [3.05, 3.63) is 46.8 Å². The van der Waals surface area contributed by atoms with Crippen LogP contribution in [0.25, 0.3) is 0 Å². The zero-order valence-corrected chi connectivity index (χ0v) is 16.6. The van der Waals surface area contributed by atoms with Crippen LogP contribution in [0.2, 0.25) is 0 Å². The van der Waals surface area contributed by atoms with Gasteiger partial charge in [0.15, 0.2) is 5.78 Å². The summed E-state index contributed by atoms with van der Waals surface area (Å²) in [7, 11) is 0. The molecule has 0 atom stereocenters. The van der Waals surface area contributed by atoms with Crippen LogP contribution in [0.5, 0.6) is 5.75 Å². The number of aromatic hydroxyl groups is 1. The number of piperazine rings is 1. The van der Waals surface area contributed by atoms with Gasteiger partial charge >= 0.3 is 5.97 Å². The van der Waals surface area contributed by atoms with E-state index in [-0.39, 0.29) is 11.5 Å². The van der Waals surface area contributed by atoms with Gasteiger partial charge in [-0.3, -0.25) is 9.69 Å². The van der Waals surface area contributed by atoms with Gasteiger partial charge in [0.05, 0.1) is 18.8 Å². The minimum absolute atomic E-state index is 0.00203. The van der Waals surface area contributed by atoms with Gasteiger partial charge in [-0.2, -0.15) is 0 Å². The lowest BCUT2D eigenvalue weighted by Crippen LogP contribution is -2.48. The summed E-state index contributed by atoms with van der Waals surface area (Å²) in [5.41, 5.74) is 3.09. The Morgan fingerprint density at radius 3 is 2.46 bits per heavy atom. The molecule has 1 saturated heterocycles. The fraction of sp³-hybridized carbons (Fsp3) is 0.429. The second-order valence-electron chi connectivity index (χ2n) is 7.02. The molecule has 3 rings (SSSR count). The second-order valence-corrected chi connectivity index (χ2v) is 7.02. The summed E-state index contributed by atoms with van der Waals surface area (Å²) in [6, 6.07) is 7.30. The van der Waals surface area contributed by atoms with Crippen molar-refractivity contribution in [2.75, 3.05) is 44.2 Å². The van der Waals surface area contributed by atoms with Crippen LogP contribution >= 0.6 is 0 Å². The minimum atomic E-state index is -0.432. The van der Waals surface area contributed by atoms with Crippen molar-refractivity contribution in [3.8, 4) is 5.75 Å². The lowest BCUT2D eigenvalue weighted by Gasteiger charge is -2.36. The Bertz CT molecular complexity index is 867. The predicted molar refractivity (Wildman–Crippen MR) is 107 cm³/mol. The molecule has 7 heteroatoms. The molecule has 1 fully saturated rings. The minimum Gasteiger partial charge on any atom is -0.506 e. The molecule has 2 N–H and O–H groups in total. The quantitative estimate of drug-likeness (QED) is 0.587. The predicted octanol–water partition coefficient (Wildman–Crippen LogP) is 2.52. The second kappa shape index (κ2) is 8.48. The van der Waals surface area contributed by atoms with Crippen LogP contribution in [0.3, 0.4) is 0 Å². The first-order chi connectivity index (χ1) is 13.4. The van der Waals surface area contributed by atoms with Gasteiger partial charge in [0.1, 0.15) is 11.4 Å². The molecule has 0 spiro atoms. The number of phenols is 1. The molecular weight excluding hydrogens is 358 g/mol. The van der Waals surface area contributed by atoms with E-state index >= 15 is 0 Å². The summed E-state index contributed by atoms with van der Waals surface area (Å²) in [6.45, 7) is 8.87. The zero-order valence-electron chi connectivity index (χ0n) is 16.6. The summed E-state index contributed by atoms with van der Waals surface area (Å²) >= 11 is 0. The standard InChI is InChI=1S/C21H27N3O4/c1-4-28-21(27)20-14(2)19(15(3)22-20)18(26)13-23-9-11-24(12-10-23)16-7-5-6-8-17(16)25/h5-8,22,25H,4,9-13H2,1-3H3. The Labute approximate surface area is 164 Å². The zero-order chi connectivity index (χ0) is 20.3. The average Bonchev–Trinajstić information content (AvgIpc) is 2.97. The van der Waals surface area contributed by atoms with Crippen molar-refractivity contribution in [2.45, 2.75) is 20.8 Å². The van der Waals surface area contributed by atoms with Crippen molar-refractivity contribution in [2.24, 2.45) is 0 Å². The number of hydrogen-bond acceptors (Lipinski definition) is 6. The van der Waals surface area contributed by atoms with Crippen LogP contribution < -0.4 is 4.90 Å². The number of nitrogens with one attached hydrogen (secondary N) is 1. The van der Waals surface area contributed by atoms with Crippen molar-refractivity contribution in [1.82, 2.24) is 9.88 Å². The number of aromatic amines is 1. The molecule has 2 heterocycles. The Kier molecular flexibility index (Phi) is 6.04. The maximum absolute atomic E-state index is 12.9. The van der Waals surface area contributed by atoms with E-state index in [1.807, 2.05) is 12.1 Å². The SMILES string of the molecule is CCOC(=O)c1[nH]c(C)c(C(=O)CN2CCN(c3ccccc3O)CC2)c1C. The Morgan fingerprint density at radius 1 is 1.14 bits per heavy atom. The topological polar surface area (TPSA) is 85.9 Å². The number of esters is 1. The van der Waals surface area contributed by atoms with E-state index in [2.05, 4.69) is 14.8 Å². The van der Waals surface area contributed by atoms with Crippen molar-refractivity contribution < 1.29 is 19.4 Å². The number of Topliss-reactive ketones (excluding diaryl/α,β-unsaturated/α-hetero) is 1. The number of para-hydroxylation sites is 2. The molecule has 1 aromatic heterocycles. The number of carbonyl (C=O) groups is 2. The van der Waals surface area contributed by atoms with Gasteiger partial charge < -0.3 is 19.7 Å². The highest BCUT2D eigenvalue weighted by atomic mass is 16.5. The van der Waals surface area contributed by atoms with Crippen LogP contribution in [-0.2, 0) is 4.74 Å². The van der Waals surface area contributed by atoms with Crippen LogP contribution in [-0.4, -0.2) is 66.1 Å². The van der Waals surface area contributed by atoms with Gasteiger partial charge in [0, 0.05) is 37.4 Å². The number of benzene rings is 1. The summed E-state index contributed by atoms with van der Waals surface area (Å²) in [4.78, 5) is 32.2. The van der Waals surface area contributed by atoms with E-state index in [1.54, 1.807) is 32.9 Å². The van der Waals surface area contributed by atoms with Gasteiger partial charge in [-0.25, -0.2) is 4.79 Å². The molecule has 0 amide bonds. The van der Waals surface area contributed by atoms with Crippen molar-refractivity contribution in [1.29, 1.82) is 0 Å². The highest BCUT2D eigenvalue weighted by Gasteiger charge is 2.26. The number of carbonyl (C=O) groups excluding carboxylic acids is 2. The number of phenolic OH excluding ortho intramolecular Hbond substituents is 1. The number of rotatable bonds is 6. The lowest BCUT2D eigenvalue weighted by atomic mass is 10.0. The normalized spacial score (nSPS) is 14.9. The van der Waals surface area contributed by atoms with Gasteiger partial charge in [-0.15, -0.1) is 0 Å². The Morgan fingerprint density at radius 2 is 1.82 bits per heavy atom. The molecule has 1 aliphatic rings. The molecule has 2 aromatic rings. The third kappa shape index (κ3) is 4.04. The summed E-state index contributed by atoms with van der Waals surface area (Å²) < 4.78 is 5.05. The maximum Gasteiger partial charge on any atom is 0.355 e. The average molecular weight is 385 g/mol. The van der Waals surface area contributed by atoms with Crippen LogP contribution in [0.4, 0.5) is 5.69 Å². The summed E-state index contributed by atoms with van der Waals surface area (Å²) in [6.07, 6.45) is 0. The van der Waals surface area contributed by atoms with E-state index in [0.29, 0.717) is 35.7 Å². The molecule has 1 aliphatic heterocycles. The Hall–Kier alpha value is -2.80. The monoisotopic (exact) mass is 385 g/mol. The molecule has 0 unspecified atom stereocenters. The van der Waals surface area contributed by atoms with E-state index in [0.717, 1.165) is 31.9 Å². The van der Waals surface area contributed by atoms with E-state index in [4.69, 9.17) is 4.74 Å². The molecule has 150 valence electrons. The number of H-pyrrole nitrogens is 1. The smallest absolute Gasteiger partial charge is 0.355 e. The third-order valence-corrected chi connectivity index (χ3v) is 5.16. The number of anilines is 1. The fourth-order valence-corrected chi connectivity index (χ4v) is 3.74. The first-order valence-electron chi connectivity index (χ1n) is 9.57. The number of nitrogens with zero attached hydrogens (tertiary/aromatic N) is 2. The maximum atomic E-state index is 12.9. The molecule has 7 nitrogen and oxygen atoms in total. The molecule has 0 bridgehead atoms. The van der Waals surface area contributed by atoms with Crippen molar-refractivity contribution >= 4 is 17.4 Å². The molecule has 0 saturated carbocycles. The van der Waals surface area contributed by atoms with Gasteiger partial charge in [0.2, 0.25) is 0 Å². The van der Waals surface area contributed by atoms with Crippen LogP contribution in [0.15, 0.2) is 24.3 Å². The molecule has 28 heavy (non-hydrogen) atoms. The summed E-state index contributed by atoms with van der Waals surface area (Å²) in [5.74, 6) is -0.159. The summed E-state index contributed by atoms with van der Waals surface area (Å²) in [5, 5.41) is 10.0. The third-order valence-electron chi connectivity index (χ3n) is 5.16. The highest BCUT2D eigenvalue weighted by Crippen LogP contribution is 2.27. The first kappa shape index (κ1) is 19.9. The van der Waals surface area contributed by atoms with E-state index in [9.17, 15) is 14.7 Å². The van der Waals surface area contributed by atoms with Gasteiger partial charge in [-0.05, 0) is 38.5 Å². The van der Waals surface area contributed by atoms with Crippen molar-refractivity contribution in [3.63, 3.8) is 0 Å². The van der Waals surface area contributed by atoms with Crippen LogP contribution in [0, 0.1) is 13.8 Å². The van der Waals surface area contributed by atoms with E-state index < -0.39 is 5.97 Å². The Balaban J connectivity index is 1.64. The van der Waals surface area contributed by atoms with Gasteiger partial charge in [-0.1, -0.05) is 12.1 Å². The molecule has 0 aliphatic carbocycles. The number of ketones is 1. The van der Waals surface area contributed by atoms with Gasteiger partial charge in [0.25, 0.3) is 0 Å². The lowest BCUT2D eigenvalue weighted by molar-refractivity contribution is 0.0519. The fourth-order valence-electron chi connectivity index (χ4n) is 3.74.